The molecule has 0 aromatic heterocycles. The highest BCUT2D eigenvalue weighted by molar-refractivity contribution is 5.73. The van der Waals surface area contributed by atoms with Gasteiger partial charge in [-0.25, -0.2) is 0 Å². The summed E-state index contributed by atoms with van der Waals surface area (Å²) in [5, 5.41) is 0. The zero-order valence-electron chi connectivity index (χ0n) is 13.3. The van der Waals surface area contributed by atoms with Crippen molar-refractivity contribution < 1.29 is 19.1 Å². The van der Waals surface area contributed by atoms with Crippen LogP contribution in [0.3, 0.4) is 0 Å². The number of piperazine rings is 1. The van der Waals surface area contributed by atoms with Gasteiger partial charge in [-0.1, -0.05) is 6.07 Å². The van der Waals surface area contributed by atoms with E-state index in [0.717, 1.165) is 38.3 Å². The van der Waals surface area contributed by atoms with E-state index < -0.39 is 0 Å². The van der Waals surface area contributed by atoms with Gasteiger partial charge in [-0.2, -0.15) is 0 Å². The van der Waals surface area contributed by atoms with Gasteiger partial charge in [0.2, 0.25) is 5.91 Å². The summed E-state index contributed by atoms with van der Waals surface area (Å²) >= 11 is 0. The number of carbonyl (C=O) groups excluding carboxylic acids is 2. The zero-order valence-corrected chi connectivity index (χ0v) is 13.3. The fourth-order valence-electron chi connectivity index (χ4n) is 2.53. The second kappa shape index (κ2) is 7.26. The Morgan fingerprint density at radius 2 is 1.77 bits per heavy atom. The molecule has 1 aliphatic heterocycles. The Kier molecular flexibility index (Phi) is 5.38. The van der Waals surface area contributed by atoms with Crippen LogP contribution in [0.15, 0.2) is 18.2 Å². The van der Waals surface area contributed by atoms with Crippen LogP contribution in [0.2, 0.25) is 0 Å². The molecule has 0 bridgehead atoms. The first-order valence-corrected chi connectivity index (χ1v) is 7.33. The van der Waals surface area contributed by atoms with E-state index in [0.29, 0.717) is 11.5 Å². The first-order valence-electron chi connectivity index (χ1n) is 7.33. The number of rotatable bonds is 4. The summed E-state index contributed by atoms with van der Waals surface area (Å²) in [5.41, 5.74) is 1.09. The van der Waals surface area contributed by atoms with Crippen molar-refractivity contribution in [2.75, 3.05) is 33.3 Å². The number of esters is 1. The van der Waals surface area contributed by atoms with Crippen molar-refractivity contribution in [3.8, 4) is 11.5 Å². The number of amides is 1. The fraction of sp³-hybridized carbons (Fsp3) is 0.500. The largest absolute Gasteiger partial charge is 0.493 e. The van der Waals surface area contributed by atoms with E-state index in [1.54, 1.807) is 20.1 Å². The van der Waals surface area contributed by atoms with E-state index in [1.807, 2.05) is 17.0 Å². The van der Waals surface area contributed by atoms with Crippen molar-refractivity contribution in [3.63, 3.8) is 0 Å². The number of methoxy groups -OCH3 is 1. The lowest BCUT2D eigenvalue weighted by molar-refractivity contribution is -0.132. The minimum absolute atomic E-state index is 0.132. The molecule has 1 amide bonds. The minimum Gasteiger partial charge on any atom is -0.493 e. The van der Waals surface area contributed by atoms with Crippen molar-refractivity contribution in [3.05, 3.63) is 23.8 Å². The number of hydrogen-bond donors (Lipinski definition) is 0. The van der Waals surface area contributed by atoms with Gasteiger partial charge in [-0.05, 0) is 17.7 Å². The highest BCUT2D eigenvalue weighted by Crippen LogP contribution is 2.28. The van der Waals surface area contributed by atoms with Gasteiger partial charge in [0, 0.05) is 46.6 Å². The first-order chi connectivity index (χ1) is 10.5. The second-order valence-corrected chi connectivity index (χ2v) is 5.36. The molecule has 6 heteroatoms. The average Bonchev–Trinajstić information content (AvgIpc) is 2.49. The van der Waals surface area contributed by atoms with Gasteiger partial charge in [-0.3, -0.25) is 14.5 Å². The molecule has 120 valence electrons. The maximum Gasteiger partial charge on any atom is 0.308 e. The Hall–Kier alpha value is -2.08. The third-order valence-electron chi connectivity index (χ3n) is 3.71. The van der Waals surface area contributed by atoms with Gasteiger partial charge in [0.15, 0.2) is 11.5 Å². The van der Waals surface area contributed by atoms with Crippen LogP contribution in [0.25, 0.3) is 0 Å². The van der Waals surface area contributed by atoms with E-state index in [9.17, 15) is 9.59 Å². The maximum absolute atomic E-state index is 11.3. The molecule has 1 aliphatic rings. The molecule has 1 aromatic carbocycles. The van der Waals surface area contributed by atoms with Crippen molar-refractivity contribution in [1.29, 1.82) is 0 Å². The van der Waals surface area contributed by atoms with Crippen LogP contribution in [0.4, 0.5) is 0 Å². The SMILES string of the molecule is COc1cc(CN2CCN(C(C)=O)CC2)ccc1OC(C)=O. The van der Waals surface area contributed by atoms with Crippen LogP contribution in [0.5, 0.6) is 11.5 Å². The summed E-state index contributed by atoms with van der Waals surface area (Å²) in [6.45, 7) is 6.98. The lowest BCUT2D eigenvalue weighted by Gasteiger charge is -2.34. The third kappa shape index (κ3) is 4.21. The van der Waals surface area contributed by atoms with Gasteiger partial charge < -0.3 is 14.4 Å². The minimum atomic E-state index is -0.369. The average molecular weight is 306 g/mol. The van der Waals surface area contributed by atoms with Gasteiger partial charge in [0.1, 0.15) is 0 Å². The zero-order chi connectivity index (χ0) is 16.1. The highest BCUT2D eigenvalue weighted by atomic mass is 16.6. The molecule has 1 fully saturated rings. The summed E-state index contributed by atoms with van der Waals surface area (Å²) in [7, 11) is 1.55. The summed E-state index contributed by atoms with van der Waals surface area (Å²) in [6, 6.07) is 5.56. The first kappa shape index (κ1) is 16.3. The fourth-order valence-corrected chi connectivity index (χ4v) is 2.53. The van der Waals surface area contributed by atoms with Gasteiger partial charge >= 0.3 is 5.97 Å². The molecule has 6 nitrogen and oxygen atoms in total. The van der Waals surface area contributed by atoms with Crippen LogP contribution in [-0.4, -0.2) is 55.0 Å². The molecule has 0 atom stereocenters. The lowest BCUT2D eigenvalue weighted by atomic mass is 10.1. The number of hydrogen-bond acceptors (Lipinski definition) is 5. The number of ether oxygens (including phenoxy) is 2. The molecule has 0 aliphatic carbocycles. The summed E-state index contributed by atoms with van der Waals surface area (Å²) in [5.74, 6) is 0.744. The molecule has 0 saturated carbocycles. The molecular formula is C16H22N2O4. The van der Waals surface area contributed by atoms with Crippen LogP contribution in [-0.2, 0) is 16.1 Å². The molecule has 2 rings (SSSR count). The van der Waals surface area contributed by atoms with Crippen molar-refractivity contribution >= 4 is 11.9 Å². The topological polar surface area (TPSA) is 59.1 Å². The lowest BCUT2D eigenvalue weighted by Crippen LogP contribution is -2.47. The molecule has 0 radical (unpaired) electrons. The summed E-state index contributed by atoms with van der Waals surface area (Å²) < 4.78 is 10.4. The predicted octanol–water partition coefficient (Wildman–Crippen LogP) is 1.28. The second-order valence-electron chi connectivity index (χ2n) is 5.36. The normalized spacial score (nSPS) is 15.5. The molecule has 1 heterocycles. The summed E-state index contributed by atoms with van der Waals surface area (Å²) in [4.78, 5) is 26.5. The number of nitrogens with zero attached hydrogens (tertiary/aromatic N) is 2. The predicted molar refractivity (Wildman–Crippen MR) is 81.8 cm³/mol. The van der Waals surface area contributed by atoms with Crippen LogP contribution in [0.1, 0.15) is 19.4 Å². The molecule has 0 unspecified atom stereocenters. The third-order valence-corrected chi connectivity index (χ3v) is 3.71. The molecule has 1 aromatic rings. The smallest absolute Gasteiger partial charge is 0.308 e. The molecule has 0 N–H and O–H groups in total. The Morgan fingerprint density at radius 1 is 1.09 bits per heavy atom. The van der Waals surface area contributed by atoms with E-state index >= 15 is 0 Å². The number of benzene rings is 1. The Morgan fingerprint density at radius 3 is 2.32 bits per heavy atom. The molecule has 22 heavy (non-hydrogen) atoms. The van der Waals surface area contributed by atoms with Crippen LogP contribution >= 0.6 is 0 Å². The van der Waals surface area contributed by atoms with Crippen LogP contribution < -0.4 is 9.47 Å². The standard InChI is InChI=1S/C16H22N2O4/c1-12(19)18-8-6-17(7-9-18)11-14-4-5-15(22-13(2)20)16(10-14)21-3/h4-5,10H,6-9,11H2,1-3H3. The van der Waals surface area contributed by atoms with E-state index in [2.05, 4.69) is 4.90 Å². The van der Waals surface area contributed by atoms with Gasteiger partial charge in [-0.15, -0.1) is 0 Å². The quantitative estimate of drug-likeness (QED) is 0.619. The van der Waals surface area contributed by atoms with Crippen molar-refractivity contribution in [2.24, 2.45) is 0 Å². The Balaban J connectivity index is 1.99. The maximum atomic E-state index is 11.3. The van der Waals surface area contributed by atoms with Crippen molar-refractivity contribution in [1.82, 2.24) is 9.80 Å². The Bertz CT molecular complexity index is 551. The van der Waals surface area contributed by atoms with Gasteiger partial charge in [0.05, 0.1) is 7.11 Å². The number of carbonyl (C=O) groups is 2. The van der Waals surface area contributed by atoms with Crippen LogP contribution in [0, 0.1) is 0 Å². The molecule has 0 spiro atoms. The van der Waals surface area contributed by atoms with Gasteiger partial charge in [0.25, 0.3) is 0 Å². The van der Waals surface area contributed by atoms with E-state index in [1.165, 1.54) is 6.92 Å². The summed E-state index contributed by atoms with van der Waals surface area (Å²) in [6.07, 6.45) is 0. The molecule has 1 saturated heterocycles. The van der Waals surface area contributed by atoms with E-state index in [4.69, 9.17) is 9.47 Å². The van der Waals surface area contributed by atoms with Crippen molar-refractivity contribution in [2.45, 2.75) is 20.4 Å². The molecular weight excluding hydrogens is 284 g/mol. The highest BCUT2D eigenvalue weighted by Gasteiger charge is 2.19. The Labute approximate surface area is 130 Å². The van der Waals surface area contributed by atoms with E-state index in [-0.39, 0.29) is 11.9 Å². The monoisotopic (exact) mass is 306 g/mol.